The first kappa shape index (κ1) is 15.3. The van der Waals surface area contributed by atoms with Gasteiger partial charge in [-0.05, 0) is 24.0 Å². The van der Waals surface area contributed by atoms with Crippen LogP contribution in [0.1, 0.15) is 38.7 Å². The van der Waals surface area contributed by atoms with Crippen molar-refractivity contribution < 1.29 is 14.3 Å². The number of nitrogens with zero attached hydrogens (tertiary/aromatic N) is 1. The molecule has 0 bridgehead atoms. The molecule has 1 fully saturated rings. The Balaban J connectivity index is 2.06. The van der Waals surface area contributed by atoms with Crippen LogP contribution in [0.2, 0.25) is 0 Å². The molecule has 1 aromatic rings. The average molecular weight is 287 g/mol. The zero-order valence-corrected chi connectivity index (χ0v) is 12.5. The summed E-state index contributed by atoms with van der Waals surface area (Å²) in [6.07, 6.45) is 3.40. The van der Waals surface area contributed by atoms with Gasteiger partial charge in [-0.15, -0.1) is 0 Å². The van der Waals surface area contributed by atoms with Crippen LogP contribution in [0.5, 0.6) is 0 Å². The van der Waals surface area contributed by atoms with Gasteiger partial charge >= 0.3 is 6.09 Å². The molecule has 1 heterocycles. The van der Waals surface area contributed by atoms with E-state index in [0.29, 0.717) is 18.0 Å². The van der Waals surface area contributed by atoms with Crippen molar-refractivity contribution in [3.8, 4) is 0 Å². The lowest BCUT2D eigenvalue weighted by Crippen LogP contribution is -2.30. The molecule has 0 N–H and O–H groups in total. The van der Waals surface area contributed by atoms with Crippen LogP contribution in [0, 0.1) is 5.92 Å². The van der Waals surface area contributed by atoms with E-state index >= 15 is 0 Å². The minimum atomic E-state index is -0.563. The van der Waals surface area contributed by atoms with E-state index in [-0.39, 0.29) is 12.5 Å². The second kappa shape index (κ2) is 7.07. The Morgan fingerprint density at radius 1 is 1.33 bits per heavy atom. The Labute approximate surface area is 125 Å². The Hall–Kier alpha value is -2.10. The maximum Gasteiger partial charge on any atom is 0.421 e. The third-order valence-electron chi connectivity index (χ3n) is 3.37. The summed E-state index contributed by atoms with van der Waals surface area (Å²) in [5.41, 5.74) is 1.56. The van der Waals surface area contributed by atoms with E-state index in [1.807, 2.05) is 36.4 Å². The van der Waals surface area contributed by atoms with Crippen LogP contribution in [0.3, 0.4) is 0 Å². The SMILES string of the molecule is CC(C)CCCC(=O)N1C(=O)OCC1=Cc1ccccc1. The Bertz CT molecular complexity index is 534. The number of amides is 2. The molecule has 4 nitrogen and oxygen atoms in total. The Kier molecular flexibility index (Phi) is 5.14. The molecule has 1 aliphatic heterocycles. The third-order valence-corrected chi connectivity index (χ3v) is 3.37. The second-order valence-electron chi connectivity index (χ2n) is 5.62. The van der Waals surface area contributed by atoms with Crippen LogP contribution >= 0.6 is 0 Å². The Morgan fingerprint density at radius 2 is 2.05 bits per heavy atom. The first-order valence-electron chi connectivity index (χ1n) is 7.33. The van der Waals surface area contributed by atoms with Crippen LogP contribution in [0.25, 0.3) is 6.08 Å². The summed E-state index contributed by atoms with van der Waals surface area (Å²) in [7, 11) is 0. The highest BCUT2D eigenvalue weighted by Crippen LogP contribution is 2.21. The fourth-order valence-corrected chi connectivity index (χ4v) is 2.27. The van der Waals surface area contributed by atoms with E-state index < -0.39 is 6.09 Å². The van der Waals surface area contributed by atoms with Gasteiger partial charge in [0.05, 0.1) is 5.70 Å². The molecule has 112 valence electrons. The van der Waals surface area contributed by atoms with Crippen molar-refractivity contribution in [3.63, 3.8) is 0 Å². The lowest BCUT2D eigenvalue weighted by molar-refractivity contribution is -0.126. The van der Waals surface area contributed by atoms with Gasteiger partial charge in [0.2, 0.25) is 5.91 Å². The van der Waals surface area contributed by atoms with Crippen molar-refractivity contribution in [1.29, 1.82) is 0 Å². The van der Waals surface area contributed by atoms with E-state index in [2.05, 4.69) is 13.8 Å². The van der Waals surface area contributed by atoms with Gasteiger partial charge < -0.3 is 4.74 Å². The predicted molar refractivity (Wildman–Crippen MR) is 81.3 cm³/mol. The van der Waals surface area contributed by atoms with Crippen LogP contribution in [-0.2, 0) is 9.53 Å². The standard InChI is InChI=1S/C17H21NO3/c1-13(2)7-6-10-16(19)18-15(12-21-17(18)20)11-14-8-4-3-5-9-14/h3-5,8-9,11,13H,6-7,10,12H2,1-2H3. The highest BCUT2D eigenvalue weighted by Gasteiger charge is 2.32. The molecule has 2 rings (SSSR count). The van der Waals surface area contributed by atoms with Gasteiger partial charge in [0.25, 0.3) is 0 Å². The molecule has 0 saturated carbocycles. The molecular formula is C17H21NO3. The fourth-order valence-electron chi connectivity index (χ4n) is 2.27. The summed E-state index contributed by atoms with van der Waals surface area (Å²) < 4.78 is 5.00. The van der Waals surface area contributed by atoms with Crippen molar-refractivity contribution >= 4 is 18.1 Å². The molecule has 4 heteroatoms. The normalized spacial score (nSPS) is 16.6. The van der Waals surface area contributed by atoms with E-state index in [4.69, 9.17) is 4.74 Å². The number of carbonyl (C=O) groups excluding carboxylic acids is 2. The first-order chi connectivity index (χ1) is 10.1. The number of cyclic esters (lactones) is 1. The van der Waals surface area contributed by atoms with Crippen LogP contribution < -0.4 is 0 Å². The summed E-state index contributed by atoms with van der Waals surface area (Å²) in [4.78, 5) is 25.2. The smallest absolute Gasteiger partial charge is 0.421 e. The summed E-state index contributed by atoms with van der Waals surface area (Å²) >= 11 is 0. The first-order valence-corrected chi connectivity index (χ1v) is 7.33. The van der Waals surface area contributed by atoms with Gasteiger partial charge in [0, 0.05) is 6.42 Å². The number of imide groups is 1. The molecule has 0 aromatic heterocycles. The number of ether oxygens (including phenoxy) is 1. The van der Waals surface area contributed by atoms with Gasteiger partial charge in [-0.1, -0.05) is 50.6 Å². The minimum Gasteiger partial charge on any atom is -0.442 e. The van der Waals surface area contributed by atoms with Crippen LogP contribution in [-0.4, -0.2) is 23.5 Å². The molecular weight excluding hydrogens is 266 g/mol. The molecule has 2 amide bonds. The zero-order valence-electron chi connectivity index (χ0n) is 12.5. The second-order valence-corrected chi connectivity index (χ2v) is 5.62. The molecule has 0 spiro atoms. The number of rotatable bonds is 5. The fraction of sp³-hybridized carbons (Fsp3) is 0.412. The highest BCUT2D eigenvalue weighted by molar-refractivity contribution is 5.96. The van der Waals surface area contributed by atoms with Crippen LogP contribution in [0.4, 0.5) is 4.79 Å². The maximum atomic E-state index is 12.2. The molecule has 0 aliphatic carbocycles. The number of hydrogen-bond acceptors (Lipinski definition) is 3. The predicted octanol–water partition coefficient (Wildman–Crippen LogP) is 3.83. The van der Waals surface area contributed by atoms with Gasteiger partial charge in [-0.3, -0.25) is 4.79 Å². The summed E-state index contributed by atoms with van der Waals surface area (Å²) in [6, 6.07) is 9.61. The summed E-state index contributed by atoms with van der Waals surface area (Å²) in [5, 5.41) is 0. The zero-order chi connectivity index (χ0) is 15.2. The topological polar surface area (TPSA) is 46.6 Å². The highest BCUT2D eigenvalue weighted by atomic mass is 16.6. The summed E-state index contributed by atoms with van der Waals surface area (Å²) in [5.74, 6) is 0.378. The van der Waals surface area contributed by atoms with Gasteiger partial charge in [0.15, 0.2) is 0 Å². The molecule has 0 radical (unpaired) electrons. The molecule has 1 aromatic carbocycles. The van der Waals surface area contributed by atoms with Crippen molar-refractivity contribution in [3.05, 3.63) is 41.6 Å². The molecule has 1 aliphatic rings. The molecule has 21 heavy (non-hydrogen) atoms. The average Bonchev–Trinajstić information content (AvgIpc) is 2.80. The van der Waals surface area contributed by atoms with Gasteiger partial charge in [-0.25, -0.2) is 9.69 Å². The van der Waals surface area contributed by atoms with E-state index in [1.165, 1.54) is 4.90 Å². The van der Waals surface area contributed by atoms with Crippen LogP contribution in [0.15, 0.2) is 36.0 Å². The van der Waals surface area contributed by atoms with Gasteiger partial charge in [-0.2, -0.15) is 0 Å². The Morgan fingerprint density at radius 3 is 2.71 bits per heavy atom. The van der Waals surface area contributed by atoms with Crippen molar-refractivity contribution in [2.24, 2.45) is 5.92 Å². The van der Waals surface area contributed by atoms with Crippen molar-refractivity contribution in [2.75, 3.05) is 6.61 Å². The lowest BCUT2D eigenvalue weighted by atomic mass is 10.1. The number of benzene rings is 1. The van der Waals surface area contributed by atoms with Gasteiger partial charge in [0.1, 0.15) is 6.61 Å². The monoisotopic (exact) mass is 287 g/mol. The number of hydrogen-bond donors (Lipinski definition) is 0. The molecule has 0 atom stereocenters. The third kappa shape index (κ3) is 4.18. The van der Waals surface area contributed by atoms with E-state index in [0.717, 1.165) is 18.4 Å². The maximum absolute atomic E-state index is 12.2. The quantitative estimate of drug-likeness (QED) is 0.826. The largest absolute Gasteiger partial charge is 0.442 e. The molecule has 1 saturated heterocycles. The van der Waals surface area contributed by atoms with E-state index in [1.54, 1.807) is 0 Å². The van der Waals surface area contributed by atoms with E-state index in [9.17, 15) is 9.59 Å². The minimum absolute atomic E-state index is 0.156. The lowest BCUT2D eigenvalue weighted by Gasteiger charge is -2.13. The number of carbonyl (C=O) groups is 2. The van der Waals surface area contributed by atoms with Crippen molar-refractivity contribution in [1.82, 2.24) is 4.90 Å². The van der Waals surface area contributed by atoms with Crippen molar-refractivity contribution in [2.45, 2.75) is 33.1 Å². The molecule has 0 unspecified atom stereocenters. The summed E-state index contributed by atoms with van der Waals surface area (Å²) in [6.45, 7) is 4.40.